The number of amides is 3. The summed E-state index contributed by atoms with van der Waals surface area (Å²) in [6.07, 6.45) is 3.95. The number of ether oxygens (including phenoxy) is 2. The highest BCUT2D eigenvalue weighted by atomic mass is 79.9. The summed E-state index contributed by atoms with van der Waals surface area (Å²) in [5.41, 5.74) is -0.110. The number of benzene rings is 2. The summed E-state index contributed by atoms with van der Waals surface area (Å²) < 4.78 is 12.3. The summed E-state index contributed by atoms with van der Waals surface area (Å²) in [5, 5.41) is 9.88. The zero-order valence-corrected chi connectivity index (χ0v) is 27.7. The number of rotatable bonds is 14. The first-order valence-corrected chi connectivity index (χ1v) is 16.6. The molecule has 2 aromatic carbocycles. The van der Waals surface area contributed by atoms with Gasteiger partial charge in [0.25, 0.3) is 5.91 Å². The van der Waals surface area contributed by atoms with Gasteiger partial charge in [-0.25, -0.2) is 0 Å². The van der Waals surface area contributed by atoms with E-state index in [9.17, 15) is 19.5 Å². The van der Waals surface area contributed by atoms with Crippen LogP contribution in [-0.2, 0) is 19.1 Å². The molecule has 2 aromatic rings. The summed E-state index contributed by atoms with van der Waals surface area (Å²) in [5.74, 6) is -1.96. The Bertz CT molecular complexity index is 1440. The van der Waals surface area contributed by atoms with Crippen LogP contribution in [0.15, 0.2) is 73.8 Å². The molecule has 11 heteroatoms. The zero-order chi connectivity index (χ0) is 32.3. The average Bonchev–Trinajstić information content (AvgIpc) is 3.62. The standard InChI is InChI=1S/C34H39BrClN3O6/c1-4-17-37(22-13-15-23(16-14-22)44-6-3)31(41)27-28-32(42)39(19-9-10-20-40)30(34(28)21-24(35)29(27)45-34)33(43)38(18-5-2)26-12-8-7-11-25(26)36/h4-5,7-8,11-16,24,27-30,40H,1-2,6,9-10,17-21H2,3H3/t24?,27-,28-,29-,30?,34?/m0/s1. The third kappa shape index (κ3) is 5.93. The predicted molar refractivity (Wildman–Crippen MR) is 178 cm³/mol. The second-order valence-electron chi connectivity index (χ2n) is 11.5. The number of para-hydroxylation sites is 1. The van der Waals surface area contributed by atoms with Crippen molar-refractivity contribution in [2.24, 2.45) is 11.8 Å². The number of halogens is 2. The van der Waals surface area contributed by atoms with E-state index in [-0.39, 0.29) is 48.8 Å². The fourth-order valence-electron chi connectivity index (χ4n) is 7.10. The van der Waals surface area contributed by atoms with Crippen LogP contribution >= 0.6 is 27.5 Å². The van der Waals surface area contributed by atoms with Crippen molar-refractivity contribution >= 4 is 56.6 Å². The summed E-state index contributed by atoms with van der Waals surface area (Å²) in [4.78, 5) is 48.1. The highest BCUT2D eigenvalue weighted by Crippen LogP contribution is 2.60. The molecule has 3 heterocycles. The van der Waals surface area contributed by atoms with E-state index in [0.29, 0.717) is 48.0 Å². The number of alkyl halides is 1. The molecule has 9 nitrogen and oxygen atoms in total. The summed E-state index contributed by atoms with van der Waals surface area (Å²) in [6.45, 7) is 10.7. The SMILES string of the molecule is C=CCN(C(=O)[C@H]1[C@H]2C(=O)N(CCCCO)C(C(=O)N(CC=C)c3ccccc3Cl)C23CC(Br)[C@@H]1O3)c1ccc(OCC)cc1. The molecule has 1 spiro atoms. The van der Waals surface area contributed by atoms with E-state index in [4.69, 9.17) is 21.1 Å². The van der Waals surface area contributed by atoms with Crippen LogP contribution in [0.25, 0.3) is 0 Å². The van der Waals surface area contributed by atoms with E-state index in [0.717, 1.165) is 0 Å². The Labute approximate surface area is 277 Å². The molecule has 3 saturated heterocycles. The van der Waals surface area contributed by atoms with E-state index < -0.39 is 29.6 Å². The van der Waals surface area contributed by atoms with Gasteiger partial charge in [-0.15, -0.1) is 13.2 Å². The second-order valence-corrected chi connectivity index (χ2v) is 13.1. The van der Waals surface area contributed by atoms with Gasteiger partial charge >= 0.3 is 0 Å². The normalized spacial score (nSPS) is 26.4. The van der Waals surface area contributed by atoms with Gasteiger partial charge < -0.3 is 29.3 Å². The van der Waals surface area contributed by atoms with Crippen LogP contribution in [0.3, 0.4) is 0 Å². The van der Waals surface area contributed by atoms with Gasteiger partial charge in [0.05, 0.1) is 35.3 Å². The maximum absolute atomic E-state index is 14.7. The fraction of sp³-hybridized carbons (Fsp3) is 0.441. The van der Waals surface area contributed by atoms with E-state index in [1.54, 1.807) is 58.4 Å². The van der Waals surface area contributed by atoms with Gasteiger partial charge in [-0.05, 0) is 62.6 Å². The maximum Gasteiger partial charge on any atom is 0.253 e. The van der Waals surface area contributed by atoms with Crippen molar-refractivity contribution in [3.63, 3.8) is 0 Å². The lowest BCUT2D eigenvalue weighted by atomic mass is 9.70. The van der Waals surface area contributed by atoms with Gasteiger partial charge in [-0.3, -0.25) is 14.4 Å². The number of aliphatic hydroxyl groups is 1. The van der Waals surface area contributed by atoms with Crippen molar-refractivity contribution in [3.05, 3.63) is 78.9 Å². The molecule has 0 aromatic heterocycles. The van der Waals surface area contributed by atoms with Crippen molar-refractivity contribution < 1.29 is 29.0 Å². The molecule has 0 aliphatic carbocycles. The molecule has 1 N–H and O–H groups in total. The average molecular weight is 701 g/mol. The molecule has 0 saturated carbocycles. The monoisotopic (exact) mass is 699 g/mol. The first kappa shape index (κ1) is 33.2. The van der Waals surface area contributed by atoms with Gasteiger partial charge in [0.1, 0.15) is 17.4 Å². The summed E-state index contributed by atoms with van der Waals surface area (Å²) in [7, 11) is 0. The van der Waals surface area contributed by atoms with Crippen LogP contribution in [0.2, 0.25) is 5.02 Å². The molecular formula is C34H39BrClN3O6. The number of likely N-dealkylation sites (tertiary alicyclic amines) is 1. The largest absolute Gasteiger partial charge is 0.494 e. The minimum absolute atomic E-state index is 0.0425. The van der Waals surface area contributed by atoms with E-state index in [1.165, 1.54) is 4.90 Å². The van der Waals surface area contributed by atoms with Gasteiger partial charge in [0, 0.05) is 36.8 Å². The van der Waals surface area contributed by atoms with Crippen molar-refractivity contribution in [2.75, 3.05) is 42.6 Å². The Morgan fingerprint density at radius 3 is 2.44 bits per heavy atom. The number of unbranched alkanes of at least 4 members (excludes halogenated alkanes) is 1. The molecule has 6 atom stereocenters. The lowest BCUT2D eigenvalue weighted by Crippen LogP contribution is -2.57. The van der Waals surface area contributed by atoms with E-state index >= 15 is 0 Å². The van der Waals surface area contributed by atoms with Gasteiger partial charge in [-0.1, -0.05) is 51.8 Å². The van der Waals surface area contributed by atoms with Crippen molar-refractivity contribution in [1.82, 2.24) is 4.90 Å². The number of carbonyl (C=O) groups excluding carboxylic acids is 3. The molecule has 3 unspecified atom stereocenters. The smallest absolute Gasteiger partial charge is 0.253 e. The van der Waals surface area contributed by atoms with Gasteiger partial charge in [0.2, 0.25) is 11.8 Å². The first-order chi connectivity index (χ1) is 21.7. The minimum atomic E-state index is -1.24. The Morgan fingerprint density at radius 2 is 1.80 bits per heavy atom. The second kappa shape index (κ2) is 14.1. The number of fused-ring (bicyclic) bond motifs is 1. The van der Waals surface area contributed by atoms with Gasteiger partial charge in [-0.2, -0.15) is 0 Å². The molecule has 240 valence electrons. The highest BCUT2D eigenvalue weighted by Gasteiger charge is 2.77. The summed E-state index contributed by atoms with van der Waals surface area (Å²) >= 11 is 10.3. The molecule has 0 radical (unpaired) electrons. The number of hydrogen-bond acceptors (Lipinski definition) is 6. The predicted octanol–water partition coefficient (Wildman–Crippen LogP) is 5.00. The lowest BCUT2D eigenvalue weighted by Gasteiger charge is -2.37. The highest BCUT2D eigenvalue weighted by molar-refractivity contribution is 9.09. The third-order valence-electron chi connectivity index (χ3n) is 8.87. The molecule has 2 bridgehead atoms. The molecule has 5 rings (SSSR count). The number of hydrogen-bond donors (Lipinski definition) is 1. The van der Waals surface area contributed by atoms with E-state index in [2.05, 4.69) is 29.1 Å². The Morgan fingerprint density at radius 1 is 1.11 bits per heavy atom. The number of aliphatic hydroxyl groups excluding tert-OH is 1. The molecule has 3 aliphatic heterocycles. The van der Waals surface area contributed by atoms with Crippen molar-refractivity contribution in [3.8, 4) is 5.75 Å². The quantitative estimate of drug-likeness (QED) is 0.169. The zero-order valence-electron chi connectivity index (χ0n) is 25.3. The van der Waals surface area contributed by atoms with Crippen LogP contribution < -0.4 is 14.5 Å². The molecular weight excluding hydrogens is 662 g/mol. The van der Waals surface area contributed by atoms with Crippen LogP contribution in [0.1, 0.15) is 26.2 Å². The minimum Gasteiger partial charge on any atom is -0.494 e. The van der Waals surface area contributed by atoms with Crippen LogP contribution in [-0.4, -0.2) is 83.2 Å². The van der Waals surface area contributed by atoms with Crippen LogP contribution in [0.4, 0.5) is 11.4 Å². The van der Waals surface area contributed by atoms with Gasteiger partial charge in [0.15, 0.2) is 0 Å². The lowest BCUT2D eigenvalue weighted by molar-refractivity contribution is -0.140. The number of anilines is 2. The molecule has 3 aliphatic rings. The van der Waals surface area contributed by atoms with Crippen molar-refractivity contribution in [2.45, 2.75) is 48.8 Å². The topological polar surface area (TPSA) is 99.6 Å². The molecule has 3 amide bonds. The number of nitrogens with zero attached hydrogens (tertiary/aromatic N) is 3. The Kier molecular flexibility index (Phi) is 10.4. The molecule has 45 heavy (non-hydrogen) atoms. The first-order valence-electron chi connectivity index (χ1n) is 15.3. The Balaban J connectivity index is 1.56. The van der Waals surface area contributed by atoms with Crippen LogP contribution in [0.5, 0.6) is 5.75 Å². The van der Waals surface area contributed by atoms with Crippen LogP contribution in [0, 0.1) is 11.8 Å². The van der Waals surface area contributed by atoms with E-state index in [1.807, 2.05) is 19.1 Å². The summed E-state index contributed by atoms with van der Waals surface area (Å²) in [6, 6.07) is 13.2. The maximum atomic E-state index is 14.7. The molecule has 3 fully saturated rings. The Hall–Kier alpha value is -3.18. The third-order valence-corrected chi connectivity index (χ3v) is 10.0. The fourth-order valence-corrected chi connectivity index (χ4v) is 8.28. The number of carbonyl (C=O) groups is 3. The van der Waals surface area contributed by atoms with Crippen molar-refractivity contribution in [1.29, 1.82) is 0 Å².